The quantitative estimate of drug-likeness (QED) is 0.899. The van der Waals surface area contributed by atoms with Gasteiger partial charge >= 0.3 is 5.97 Å². The molecule has 2 unspecified atom stereocenters. The van der Waals surface area contributed by atoms with Crippen molar-refractivity contribution in [3.05, 3.63) is 35.4 Å². The molecule has 0 bridgehead atoms. The van der Waals surface area contributed by atoms with Gasteiger partial charge in [-0.25, -0.2) is 0 Å². The van der Waals surface area contributed by atoms with Gasteiger partial charge < -0.3 is 9.84 Å². The van der Waals surface area contributed by atoms with Crippen LogP contribution in [0.5, 0.6) is 0 Å². The van der Waals surface area contributed by atoms with Crippen molar-refractivity contribution >= 4 is 5.97 Å². The van der Waals surface area contributed by atoms with Gasteiger partial charge in [0, 0.05) is 19.0 Å². The first-order chi connectivity index (χ1) is 9.58. The first kappa shape index (κ1) is 15.0. The number of aliphatic carboxylic acids is 1. The van der Waals surface area contributed by atoms with E-state index in [4.69, 9.17) is 9.84 Å². The van der Waals surface area contributed by atoms with Crippen molar-refractivity contribution in [3.63, 3.8) is 0 Å². The fraction of sp³-hybridized carbons (Fsp3) is 0.562. The number of carboxylic acids is 1. The summed E-state index contributed by atoms with van der Waals surface area (Å²) in [7, 11) is 0. The molecule has 2 rings (SSSR count). The molecule has 1 aromatic carbocycles. The van der Waals surface area contributed by atoms with Gasteiger partial charge in [0.15, 0.2) is 0 Å². The van der Waals surface area contributed by atoms with Crippen molar-refractivity contribution in [1.82, 2.24) is 4.90 Å². The first-order valence-corrected chi connectivity index (χ1v) is 7.21. The van der Waals surface area contributed by atoms with E-state index in [-0.39, 0.29) is 12.5 Å². The van der Waals surface area contributed by atoms with Gasteiger partial charge in [-0.3, -0.25) is 9.69 Å². The molecule has 1 aliphatic heterocycles. The highest BCUT2D eigenvalue weighted by Crippen LogP contribution is 2.27. The number of hydrogen-bond donors (Lipinski definition) is 1. The third-order valence-electron chi connectivity index (χ3n) is 3.93. The zero-order valence-corrected chi connectivity index (χ0v) is 12.2. The third kappa shape index (κ3) is 3.81. The molecule has 0 amide bonds. The van der Waals surface area contributed by atoms with Crippen molar-refractivity contribution in [2.24, 2.45) is 0 Å². The summed E-state index contributed by atoms with van der Waals surface area (Å²) in [6.45, 7) is 6.59. The van der Waals surface area contributed by atoms with E-state index in [0.29, 0.717) is 19.1 Å². The molecule has 2 atom stereocenters. The second-order valence-corrected chi connectivity index (χ2v) is 5.52. The summed E-state index contributed by atoms with van der Waals surface area (Å²) in [6.07, 6.45) is 1.02. The Hall–Kier alpha value is -1.39. The summed E-state index contributed by atoms with van der Waals surface area (Å²) in [6, 6.07) is 8.65. The normalized spacial score (nSPS) is 23.7. The summed E-state index contributed by atoms with van der Waals surface area (Å²) >= 11 is 0. The lowest BCUT2D eigenvalue weighted by molar-refractivity contribution is -0.137. The minimum atomic E-state index is -0.721. The van der Waals surface area contributed by atoms with Gasteiger partial charge in [0.1, 0.15) is 0 Å². The number of rotatable bonds is 5. The molecule has 1 N–H and O–H groups in total. The van der Waals surface area contributed by atoms with Gasteiger partial charge in [-0.05, 0) is 37.9 Å². The van der Waals surface area contributed by atoms with Crippen molar-refractivity contribution < 1.29 is 14.6 Å². The standard InChI is InChI=1S/C16H23NO3/c1-12-6-3-4-7-14(12)15-10-17(13(2)11-20-15)9-5-8-16(18)19/h3-4,6-7,13,15H,5,8-11H2,1-2H3,(H,18,19). The van der Waals surface area contributed by atoms with Crippen LogP contribution in [0.3, 0.4) is 0 Å². The Morgan fingerprint density at radius 1 is 1.45 bits per heavy atom. The van der Waals surface area contributed by atoms with Crippen LogP contribution < -0.4 is 0 Å². The van der Waals surface area contributed by atoms with Crippen LogP contribution in [-0.2, 0) is 9.53 Å². The van der Waals surface area contributed by atoms with Crippen LogP contribution in [-0.4, -0.2) is 41.7 Å². The summed E-state index contributed by atoms with van der Waals surface area (Å²) in [4.78, 5) is 12.9. The Morgan fingerprint density at radius 2 is 2.20 bits per heavy atom. The molecule has 1 aliphatic rings. The number of aryl methyl sites for hydroxylation is 1. The van der Waals surface area contributed by atoms with E-state index in [9.17, 15) is 4.79 Å². The Balaban J connectivity index is 1.97. The highest BCUT2D eigenvalue weighted by Gasteiger charge is 2.27. The molecule has 0 radical (unpaired) electrons. The van der Waals surface area contributed by atoms with E-state index in [0.717, 1.165) is 13.1 Å². The smallest absolute Gasteiger partial charge is 0.303 e. The van der Waals surface area contributed by atoms with Crippen LogP contribution in [0.4, 0.5) is 0 Å². The highest BCUT2D eigenvalue weighted by molar-refractivity contribution is 5.66. The average molecular weight is 277 g/mol. The third-order valence-corrected chi connectivity index (χ3v) is 3.93. The number of hydrogen-bond acceptors (Lipinski definition) is 3. The maximum absolute atomic E-state index is 10.6. The number of nitrogens with zero attached hydrogens (tertiary/aromatic N) is 1. The fourth-order valence-electron chi connectivity index (χ4n) is 2.69. The van der Waals surface area contributed by atoms with E-state index in [1.165, 1.54) is 11.1 Å². The second kappa shape index (κ2) is 6.86. The lowest BCUT2D eigenvalue weighted by Crippen LogP contribution is -2.45. The maximum atomic E-state index is 10.6. The van der Waals surface area contributed by atoms with Crippen LogP contribution in [0.1, 0.15) is 37.0 Å². The predicted molar refractivity (Wildman–Crippen MR) is 77.8 cm³/mol. The zero-order valence-electron chi connectivity index (χ0n) is 12.2. The maximum Gasteiger partial charge on any atom is 0.303 e. The molecule has 1 aromatic rings. The highest BCUT2D eigenvalue weighted by atomic mass is 16.5. The Kier molecular flexibility index (Phi) is 5.15. The molecule has 20 heavy (non-hydrogen) atoms. The van der Waals surface area contributed by atoms with Gasteiger partial charge in [-0.15, -0.1) is 0 Å². The largest absolute Gasteiger partial charge is 0.481 e. The van der Waals surface area contributed by atoms with E-state index < -0.39 is 5.97 Å². The van der Waals surface area contributed by atoms with Gasteiger partial charge in [0.25, 0.3) is 0 Å². The lowest BCUT2D eigenvalue weighted by atomic mass is 10.0. The van der Waals surface area contributed by atoms with Gasteiger partial charge in [-0.1, -0.05) is 24.3 Å². The Labute approximate surface area is 120 Å². The number of ether oxygens (including phenoxy) is 1. The van der Waals surface area contributed by atoms with Crippen LogP contribution in [0, 0.1) is 6.92 Å². The van der Waals surface area contributed by atoms with E-state index >= 15 is 0 Å². The molecule has 0 aliphatic carbocycles. The van der Waals surface area contributed by atoms with Crippen LogP contribution in [0.25, 0.3) is 0 Å². The molecule has 1 fully saturated rings. The summed E-state index contributed by atoms with van der Waals surface area (Å²) in [5.41, 5.74) is 2.49. The zero-order chi connectivity index (χ0) is 14.5. The number of morpholine rings is 1. The molecule has 4 heteroatoms. The van der Waals surface area contributed by atoms with Crippen LogP contribution >= 0.6 is 0 Å². The molecule has 0 aromatic heterocycles. The molecule has 110 valence electrons. The lowest BCUT2D eigenvalue weighted by Gasteiger charge is -2.38. The monoisotopic (exact) mass is 277 g/mol. The minimum absolute atomic E-state index is 0.0947. The predicted octanol–water partition coefficient (Wildman–Crippen LogP) is 2.62. The SMILES string of the molecule is Cc1ccccc1C1CN(CCCC(=O)O)C(C)CO1. The molecule has 0 saturated carbocycles. The van der Waals surface area contributed by atoms with Crippen molar-refractivity contribution in [1.29, 1.82) is 0 Å². The molecule has 0 spiro atoms. The van der Waals surface area contributed by atoms with Crippen LogP contribution in [0.15, 0.2) is 24.3 Å². The summed E-state index contributed by atoms with van der Waals surface area (Å²) in [5.74, 6) is -0.721. The van der Waals surface area contributed by atoms with Gasteiger partial charge in [0.05, 0.1) is 12.7 Å². The van der Waals surface area contributed by atoms with E-state index in [2.05, 4.69) is 30.9 Å². The second-order valence-electron chi connectivity index (χ2n) is 5.52. The Bertz CT molecular complexity index is 461. The number of carboxylic acid groups (broad SMARTS) is 1. The van der Waals surface area contributed by atoms with E-state index in [1.807, 2.05) is 12.1 Å². The topological polar surface area (TPSA) is 49.8 Å². The molecular formula is C16H23NO3. The van der Waals surface area contributed by atoms with E-state index in [1.54, 1.807) is 0 Å². The fourth-order valence-corrected chi connectivity index (χ4v) is 2.69. The molecule has 1 heterocycles. The van der Waals surface area contributed by atoms with Gasteiger partial charge in [-0.2, -0.15) is 0 Å². The van der Waals surface area contributed by atoms with Crippen molar-refractivity contribution in [2.75, 3.05) is 19.7 Å². The summed E-state index contributed by atoms with van der Waals surface area (Å²) < 4.78 is 5.96. The molecular weight excluding hydrogens is 254 g/mol. The number of benzene rings is 1. The average Bonchev–Trinajstić information content (AvgIpc) is 2.41. The first-order valence-electron chi connectivity index (χ1n) is 7.21. The van der Waals surface area contributed by atoms with Crippen molar-refractivity contribution in [3.8, 4) is 0 Å². The van der Waals surface area contributed by atoms with Crippen LogP contribution in [0.2, 0.25) is 0 Å². The summed E-state index contributed by atoms with van der Waals surface area (Å²) in [5, 5.41) is 8.73. The minimum Gasteiger partial charge on any atom is -0.481 e. The molecule has 1 saturated heterocycles. The van der Waals surface area contributed by atoms with Gasteiger partial charge in [0.2, 0.25) is 0 Å². The number of carbonyl (C=O) groups is 1. The van der Waals surface area contributed by atoms with Crippen molar-refractivity contribution in [2.45, 2.75) is 38.8 Å². The molecule has 4 nitrogen and oxygen atoms in total. The Morgan fingerprint density at radius 3 is 2.90 bits per heavy atom.